The van der Waals surface area contributed by atoms with E-state index in [4.69, 9.17) is 23.7 Å². The van der Waals surface area contributed by atoms with Gasteiger partial charge in [-0.1, -0.05) is 0 Å². The fraction of sp³-hybridized carbons (Fsp3) is 0.714. The fourth-order valence-corrected chi connectivity index (χ4v) is 2.36. The normalized spacial score (nSPS) is 13.7. The lowest BCUT2D eigenvalue weighted by Gasteiger charge is -2.19. The molecule has 0 saturated heterocycles. The number of rotatable bonds is 17. The summed E-state index contributed by atoms with van der Waals surface area (Å²) in [5.74, 6) is -1.70. The maximum Gasteiger partial charge on any atom is 0.308 e. The molecule has 0 aromatic heterocycles. The molecule has 0 fully saturated rings. The zero-order valence-electron chi connectivity index (χ0n) is 19.1. The van der Waals surface area contributed by atoms with Gasteiger partial charge in [-0.15, -0.1) is 0 Å². The lowest BCUT2D eigenvalue weighted by molar-refractivity contribution is -0.156. The van der Waals surface area contributed by atoms with Gasteiger partial charge in [0.25, 0.3) is 11.8 Å². The topological polar surface area (TPSA) is 130 Å². The van der Waals surface area contributed by atoms with Crippen molar-refractivity contribution in [2.45, 2.75) is 32.8 Å². The second-order valence-corrected chi connectivity index (χ2v) is 7.73. The van der Waals surface area contributed by atoms with Crippen LogP contribution in [0.15, 0.2) is 12.2 Å². The van der Waals surface area contributed by atoms with Crippen molar-refractivity contribution in [1.82, 2.24) is 10.2 Å². The van der Waals surface area contributed by atoms with E-state index >= 15 is 0 Å². The van der Waals surface area contributed by atoms with E-state index in [0.29, 0.717) is 39.6 Å². The number of esters is 1. The van der Waals surface area contributed by atoms with Crippen LogP contribution in [0.3, 0.4) is 0 Å². The van der Waals surface area contributed by atoms with Crippen molar-refractivity contribution in [3.63, 3.8) is 0 Å². The van der Waals surface area contributed by atoms with E-state index in [1.807, 2.05) is 20.8 Å². The second-order valence-electron chi connectivity index (χ2n) is 7.73. The van der Waals surface area contributed by atoms with E-state index in [1.165, 1.54) is 0 Å². The lowest BCUT2D eigenvalue weighted by Crippen LogP contribution is -2.41. The number of imide groups is 1. The van der Waals surface area contributed by atoms with Crippen LogP contribution in [0.1, 0.15) is 27.2 Å². The average molecular weight is 459 g/mol. The number of nitrogens with zero attached hydrogens (tertiary/aromatic N) is 1. The zero-order valence-corrected chi connectivity index (χ0v) is 19.1. The van der Waals surface area contributed by atoms with Crippen LogP contribution in [0.4, 0.5) is 0 Å². The monoisotopic (exact) mass is 458 g/mol. The molecule has 182 valence electrons. The Hall–Kier alpha value is -2.34. The van der Waals surface area contributed by atoms with Crippen LogP contribution in [0, 0.1) is 0 Å². The Morgan fingerprint density at radius 1 is 0.812 bits per heavy atom. The number of amides is 3. The van der Waals surface area contributed by atoms with Crippen LogP contribution in [-0.4, -0.2) is 100 Å². The summed E-state index contributed by atoms with van der Waals surface area (Å²) < 4.78 is 26.5. The Morgan fingerprint density at radius 2 is 1.28 bits per heavy atom. The minimum absolute atomic E-state index is 0.208. The Kier molecular flexibility index (Phi) is 13.4. The minimum Gasteiger partial charge on any atom is -0.460 e. The molecule has 0 unspecified atom stereocenters. The second kappa shape index (κ2) is 15.5. The highest BCUT2D eigenvalue weighted by atomic mass is 16.6. The van der Waals surface area contributed by atoms with Crippen molar-refractivity contribution < 1.29 is 42.9 Å². The number of carbonyl (C=O) groups excluding carboxylic acids is 4. The molecule has 1 N–H and O–H groups in total. The number of nitrogens with one attached hydrogen (secondary N) is 1. The van der Waals surface area contributed by atoms with E-state index in [-0.39, 0.29) is 38.7 Å². The van der Waals surface area contributed by atoms with Crippen molar-refractivity contribution in [1.29, 1.82) is 0 Å². The summed E-state index contributed by atoms with van der Waals surface area (Å²) in [4.78, 5) is 46.7. The maximum atomic E-state index is 11.7. The lowest BCUT2D eigenvalue weighted by atomic mass is 10.2. The third kappa shape index (κ3) is 13.9. The molecule has 0 atom stereocenters. The van der Waals surface area contributed by atoms with E-state index in [0.717, 1.165) is 17.1 Å². The van der Waals surface area contributed by atoms with Gasteiger partial charge in [0.2, 0.25) is 5.91 Å². The van der Waals surface area contributed by atoms with Crippen molar-refractivity contribution in [2.75, 3.05) is 65.9 Å². The van der Waals surface area contributed by atoms with Crippen LogP contribution in [-0.2, 0) is 42.9 Å². The quantitative estimate of drug-likeness (QED) is 0.179. The predicted octanol–water partition coefficient (Wildman–Crippen LogP) is -0.174. The first-order valence-electron chi connectivity index (χ1n) is 10.5. The molecule has 1 aliphatic rings. The van der Waals surface area contributed by atoms with E-state index in [9.17, 15) is 19.2 Å². The molecule has 3 amide bonds. The van der Waals surface area contributed by atoms with Gasteiger partial charge in [0.15, 0.2) is 0 Å². The molecule has 11 nitrogen and oxygen atoms in total. The van der Waals surface area contributed by atoms with Gasteiger partial charge in [-0.05, 0) is 20.8 Å². The summed E-state index contributed by atoms with van der Waals surface area (Å²) in [6, 6.07) is 0. The molecular formula is C21H34N2O9. The molecule has 1 rings (SSSR count). The minimum atomic E-state index is -0.492. The summed E-state index contributed by atoms with van der Waals surface area (Å²) in [5.41, 5.74) is -0.488. The summed E-state index contributed by atoms with van der Waals surface area (Å²) in [7, 11) is 0. The molecule has 0 aliphatic carbocycles. The molecule has 0 spiro atoms. The molecule has 0 radical (unpaired) electrons. The van der Waals surface area contributed by atoms with Gasteiger partial charge in [0, 0.05) is 18.7 Å². The third-order valence-corrected chi connectivity index (χ3v) is 3.76. The number of hydrogen-bond acceptors (Lipinski definition) is 9. The zero-order chi connectivity index (χ0) is 23.8. The van der Waals surface area contributed by atoms with Crippen molar-refractivity contribution in [3.05, 3.63) is 12.2 Å². The smallest absolute Gasteiger partial charge is 0.308 e. The third-order valence-electron chi connectivity index (χ3n) is 3.76. The Morgan fingerprint density at radius 3 is 1.78 bits per heavy atom. The summed E-state index contributed by atoms with van der Waals surface area (Å²) >= 11 is 0. The summed E-state index contributed by atoms with van der Waals surface area (Å²) in [6.07, 6.45) is 2.47. The van der Waals surface area contributed by atoms with Crippen LogP contribution in [0.5, 0.6) is 0 Å². The van der Waals surface area contributed by atoms with Crippen LogP contribution in [0.25, 0.3) is 0 Å². The Balaban J connectivity index is 1.81. The van der Waals surface area contributed by atoms with Gasteiger partial charge < -0.3 is 29.0 Å². The average Bonchev–Trinajstić information content (AvgIpc) is 3.01. The SMILES string of the molecule is CC(C)(C)OC(=O)CCOCCOCCOCCOCCNC(=O)CN1C(=O)C=CC1=O. The predicted molar refractivity (Wildman–Crippen MR) is 113 cm³/mol. The van der Waals surface area contributed by atoms with E-state index in [2.05, 4.69) is 5.32 Å². The van der Waals surface area contributed by atoms with Crippen molar-refractivity contribution in [3.8, 4) is 0 Å². The summed E-state index contributed by atoms with van der Waals surface area (Å²) in [5, 5.41) is 2.57. The van der Waals surface area contributed by atoms with E-state index < -0.39 is 23.3 Å². The first kappa shape index (κ1) is 27.7. The standard InChI is InChI=1S/C21H34N2O9/c1-21(2,3)32-20(27)6-8-28-10-12-30-14-15-31-13-11-29-9-7-22-17(24)16-23-18(25)4-5-19(23)26/h4-5H,6-16H2,1-3H3,(H,22,24). The van der Waals surface area contributed by atoms with Crippen LogP contribution in [0.2, 0.25) is 0 Å². The first-order valence-corrected chi connectivity index (χ1v) is 10.5. The Labute approximate surface area is 188 Å². The molecule has 0 bridgehead atoms. The highest BCUT2D eigenvalue weighted by Crippen LogP contribution is 2.08. The van der Waals surface area contributed by atoms with Crippen molar-refractivity contribution in [2.24, 2.45) is 0 Å². The van der Waals surface area contributed by atoms with Crippen LogP contribution < -0.4 is 5.32 Å². The highest BCUT2D eigenvalue weighted by Gasteiger charge is 2.25. The number of carbonyl (C=O) groups is 4. The maximum absolute atomic E-state index is 11.7. The number of hydrogen-bond donors (Lipinski definition) is 1. The molecule has 32 heavy (non-hydrogen) atoms. The molecule has 11 heteroatoms. The van der Waals surface area contributed by atoms with Gasteiger partial charge in [0.05, 0.1) is 59.3 Å². The molecule has 0 saturated carbocycles. The van der Waals surface area contributed by atoms with Gasteiger partial charge in [-0.25, -0.2) is 0 Å². The largest absolute Gasteiger partial charge is 0.460 e. The molecule has 1 heterocycles. The highest BCUT2D eigenvalue weighted by molar-refractivity contribution is 6.14. The molecule has 0 aromatic rings. The van der Waals surface area contributed by atoms with Gasteiger partial charge in [-0.2, -0.15) is 0 Å². The molecule has 1 aliphatic heterocycles. The van der Waals surface area contributed by atoms with Gasteiger partial charge >= 0.3 is 5.97 Å². The van der Waals surface area contributed by atoms with Gasteiger partial charge in [0.1, 0.15) is 12.1 Å². The number of ether oxygens (including phenoxy) is 5. The van der Waals surface area contributed by atoms with Gasteiger partial charge in [-0.3, -0.25) is 24.1 Å². The van der Waals surface area contributed by atoms with Crippen molar-refractivity contribution >= 4 is 23.7 Å². The van der Waals surface area contributed by atoms with E-state index in [1.54, 1.807) is 0 Å². The molecular weight excluding hydrogens is 424 g/mol. The summed E-state index contributed by atoms with van der Waals surface area (Å²) in [6.45, 7) is 8.33. The fourth-order valence-electron chi connectivity index (χ4n) is 2.36. The Bertz CT molecular complexity index is 626. The van der Waals surface area contributed by atoms with Crippen LogP contribution >= 0.6 is 0 Å². The first-order chi connectivity index (χ1) is 15.2. The molecule has 0 aromatic carbocycles.